The predicted octanol–water partition coefficient (Wildman–Crippen LogP) is -2.65. The molecule has 0 aromatic carbocycles. The fraction of sp³-hybridized carbons (Fsp3) is 0.922. The molecule has 4 aliphatic carbocycles. The van der Waals surface area contributed by atoms with E-state index in [4.69, 9.17) is 42.6 Å². The summed E-state index contributed by atoms with van der Waals surface area (Å²) in [5.74, 6) is 0.0378. The van der Waals surface area contributed by atoms with Crippen LogP contribution in [0.25, 0.3) is 0 Å². The van der Waals surface area contributed by atoms with Crippen LogP contribution in [0.1, 0.15) is 99.3 Å². The molecule has 23 nitrogen and oxygen atoms in total. The van der Waals surface area contributed by atoms with Gasteiger partial charge in [0.25, 0.3) is 0 Å². The van der Waals surface area contributed by atoms with Crippen molar-refractivity contribution < 1.29 is 113 Å². The molecule has 0 aromatic heterocycles. The second kappa shape index (κ2) is 20.7. The van der Waals surface area contributed by atoms with Crippen molar-refractivity contribution in [1.29, 1.82) is 0 Å². The third-order valence-electron chi connectivity index (χ3n) is 20.0. The highest BCUT2D eigenvalue weighted by atomic mass is 16.8. The average molecular weight is 1060 g/mol. The van der Waals surface area contributed by atoms with Crippen LogP contribution in [-0.4, -0.2) is 234 Å². The third kappa shape index (κ3) is 8.66. The van der Waals surface area contributed by atoms with Gasteiger partial charge in [-0.2, -0.15) is 0 Å². The normalized spacial score (nSPS) is 53.6. The molecular weight excluding hydrogens is 981 g/mol. The van der Waals surface area contributed by atoms with E-state index < -0.39 is 177 Å². The van der Waals surface area contributed by atoms with Gasteiger partial charge in [0.15, 0.2) is 30.9 Å². The minimum atomic E-state index is -2.15. The topological polar surface area (TPSA) is 360 Å². The monoisotopic (exact) mass is 1060 g/mol. The molecular formula is C51H80O23. The Morgan fingerprint density at radius 3 is 2.07 bits per heavy atom. The molecule has 2 saturated carbocycles. The number of ketones is 2. The lowest BCUT2D eigenvalue weighted by molar-refractivity contribution is -0.378. The first-order valence-electron chi connectivity index (χ1n) is 26.4. The molecule has 0 aromatic rings. The maximum atomic E-state index is 14.6. The number of hydrogen-bond acceptors (Lipinski definition) is 23. The van der Waals surface area contributed by atoms with Crippen LogP contribution in [0, 0.1) is 33.5 Å². The predicted molar refractivity (Wildman–Crippen MR) is 249 cm³/mol. The number of allylic oxidation sites excluding steroid dienone is 2. The molecule has 5 aliphatic heterocycles. The second-order valence-corrected chi connectivity index (χ2v) is 23.7. The van der Waals surface area contributed by atoms with Gasteiger partial charge in [-0.05, 0) is 69.1 Å². The molecule has 5 saturated heterocycles. The van der Waals surface area contributed by atoms with Crippen LogP contribution in [-0.2, 0) is 52.2 Å². The van der Waals surface area contributed by atoms with Crippen molar-refractivity contribution in [1.82, 2.24) is 0 Å². The average Bonchev–Trinajstić information content (AvgIpc) is 3.94. The third-order valence-corrected chi connectivity index (χ3v) is 20.0. The fourth-order valence-electron chi connectivity index (χ4n) is 15.1. The van der Waals surface area contributed by atoms with Gasteiger partial charge in [0, 0.05) is 23.7 Å². The Kier molecular flexibility index (Phi) is 15.9. The molecule has 9 rings (SSSR count). The maximum absolute atomic E-state index is 14.6. The number of fused-ring (bicyclic) bond motifs is 5. The lowest BCUT2D eigenvalue weighted by Gasteiger charge is -2.63. The van der Waals surface area contributed by atoms with Crippen molar-refractivity contribution >= 4 is 11.6 Å². The summed E-state index contributed by atoms with van der Waals surface area (Å²) in [5, 5.41) is 130. The van der Waals surface area contributed by atoms with Crippen LogP contribution >= 0.6 is 0 Å². The van der Waals surface area contributed by atoms with E-state index >= 15 is 0 Å². The standard InChI is InChI=1S/C51H80O23/c1-7-25(55)27-14-22(2)51(74-27)15-31(57)49(6)24-8-9-30-46(3,23(24)10-13-48(49,51)5)12-11-32(47(30,4)19-53)71-42-38(63)36(61)35(60)29(70-42)18-67-43-39(33(58)26(56)17-66-43)72-44-40(37(62)34(59)28(16-52)69-44)73-45-41(64)50(65,20-54)21-68-45/h22,26-30,32-45,52-54,56,58-65H,7-21H2,1-6H3/t22-,26-,27-,28+,29-,30-,32-,33+,34+,35-,36+,37+,38+,39-,40+,41+,42-,43+,44+,45+,46+,47+,48+,49+,50+,51+/m1/s1. The van der Waals surface area contributed by atoms with Gasteiger partial charge in [-0.25, -0.2) is 0 Å². The first kappa shape index (κ1) is 56.9. The highest BCUT2D eigenvalue weighted by Gasteiger charge is 2.75. The van der Waals surface area contributed by atoms with E-state index in [0.29, 0.717) is 51.4 Å². The summed E-state index contributed by atoms with van der Waals surface area (Å²) < 4.78 is 54.0. The van der Waals surface area contributed by atoms with Crippen LogP contribution in [0.5, 0.6) is 0 Å². The number of hydrogen-bond donors (Lipinski definition) is 12. The van der Waals surface area contributed by atoms with E-state index in [2.05, 4.69) is 27.7 Å². The van der Waals surface area contributed by atoms with Crippen LogP contribution in [0.15, 0.2) is 11.1 Å². The SMILES string of the molecule is CCC(=O)[C@H]1C[C@@H](C)[C@]2(CC(=O)[C@]3(C)C4=C(CC[C@@]32C)[C@]2(C)CC[C@@H](O[C@H]3O[C@H](CO[C@@H]5OC[C@@H](O)[C@H](O)[C@H]5O[C@@H]5O[C@@H](CO)[C@H](O)[C@H](O)[C@@H]5O[C@@H]5OC[C@@](O)(CO)[C@H]5O)[C@@H](O)[C@H](O)[C@@H]3O)[C@@](C)(CO)[C@@H]2CC4)O1. The first-order valence-corrected chi connectivity index (χ1v) is 26.4. The maximum Gasteiger partial charge on any atom is 0.187 e. The lowest BCUT2D eigenvalue weighted by Crippen LogP contribution is -2.65. The number of Topliss-reactive ketones (excluding diaryl/α,β-unsaturated/α-hetero) is 2. The van der Waals surface area contributed by atoms with E-state index in [-0.39, 0.29) is 36.4 Å². The van der Waals surface area contributed by atoms with E-state index in [1.807, 2.05) is 13.8 Å². The van der Waals surface area contributed by atoms with Gasteiger partial charge in [-0.3, -0.25) is 9.59 Å². The molecule has 0 radical (unpaired) electrons. The first-order chi connectivity index (χ1) is 34.8. The van der Waals surface area contributed by atoms with Crippen LogP contribution in [0.4, 0.5) is 0 Å². The number of rotatable bonds is 14. The quantitative estimate of drug-likeness (QED) is 0.0791. The minimum Gasteiger partial charge on any atom is -0.396 e. The largest absolute Gasteiger partial charge is 0.396 e. The van der Waals surface area contributed by atoms with Crippen LogP contribution < -0.4 is 0 Å². The summed E-state index contributed by atoms with van der Waals surface area (Å²) in [5.41, 5.74) is -3.31. The zero-order chi connectivity index (χ0) is 53.8. The fourth-order valence-corrected chi connectivity index (χ4v) is 15.1. The minimum absolute atomic E-state index is 0.00781. The van der Waals surface area contributed by atoms with Gasteiger partial charge in [-0.1, -0.05) is 45.8 Å². The van der Waals surface area contributed by atoms with Crippen molar-refractivity contribution in [2.24, 2.45) is 33.5 Å². The molecule has 0 amide bonds. The zero-order valence-corrected chi connectivity index (χ0v) is 43.0. The lowest BCUT2D eigenvalue weighted by atomic mass is 9.42. The number of aliphatic hydroxyl groups is 12. The Bertz CT molecular complexity index is 2100. The summed E-state index contributed by atoms with van der Waals surface area (Å²) in [6, 6.07) is 0. The number of carbonyl (C=O) groups is 2. The Labute approximate surface area is 429 Å². The van der Waals surface area contributed by atoms with Crippen molar-refractivity contribution in [3.63, 3.8) is 0 Å². The van der Waals surface area contributed by atoms with E-state index in [0.717, 1.165) is 5.57 Å². The molecule has 1 spiro atoms. The second-order valence-electron chi connectivity index (χ2n) is 23.7. The van der Waals surface area contributed by atoms with Crippen LogP contribution in [0.3, 0.4) is 0 Å². The highest BCUT2D eigenvalue weighted by Crippen LogP contribution is 2.74. The van der Waals surface area contributed by atoms with E-state index in [1.165, 1.54) is 5.57 Å². The molecule has 74 heavy (non-hydrogen) atoms. The summed E-state index contributed by atoms with van der Waals surface area (Å²) in [7, 11) is 0. The highest BCUT2D eigenvalue weighted by molar-refractivity contribution is 5.94. The Hall–Kier alpha value is -1.76. The molecule has 26 atom stereocenters. The molecule has 23 heteroatoms. The van der Waals surface area contributed by atoms with Crippen molar-refractivity contribution in [2.75, 3.05) is 39.6 Å². The van der Waals surface area contributed by atoms with Gasteiger partial charge in [0.1, 0.15) is 90.7 Å². The molecule has 0 bridgehead atoms. The molecule has 0 unspecified atom stereocenters. The molecule has 5 heterocycles. The van der Waals surface area contributed by atoms with Crippen LogP contribution in [0.2, 0.25) is 0 Å². The van der Waals surface area contributed by atoms with Crippen molar-refractivity contribution in [3.05, 3.63) is 11.1 Å². The Morgan fingerprint density at radius 2 is 1.41 bits per heavy atom. The van der Waals surface area contributed by atoms with Gasteiger partial charge >= 0.3 is 0 Å². The number of carbonyl (C=O) groups excluding carboxylic acids is 2. The summed E-state index contributed by atoms with van der Waals surface area (Å²) >= 11 is 0. The Morgan fingerprint density at radius 1 is 0.730 bits per heavy atom. The zero-order valence-electron chi connectivity index (χ0n) is 43.0. The summed E-state index contributed by atoms with van der Waals surface area (Å²) in [4.78, 5) is 27.6. The van der Waals surface area contributed by atoms with E-state index in [9.17, 15) is 70.9 Å². The Balaban J connectivity index is 0.899. The number of ether oxygens (including phenoxy) is 9. The summed E-state index contributed by atoms with van der Waals surface area (Å²) in [6.07, 6.45) is -23.9. The molecule has 9 aliphatic rings. The van der Waals surface area contributed by atoms with Crippen molar-refractivity contribution in [2.45, 2.75) is 221 Å². The van der Waals surface area contributed by atoms with Gasteiger partial charge < -0.3 is 104 Å². The smallest absolute Gasteiger partial charge is 0.187 e. The van der Waals surface area contributed by atoms with Gasteiger partial charge in [0.05, 0.1) is 56.8 Å². The van der Waals surface area contributed by atoms with Gasteiger partial charge in [0.2, 0.25) is 0 Å². The van der Waals surface area contributed by atoms with Crippen molar-refractivity contribution in [3.8, 4) is 0 Å². The molecule has 422 valence electrons. The van der Waals surface area contributed by atoms with E-state index in [1.54, 1.807) is 0 Å². The molecule has 12 N–H and O–H groups in total. The van der Waals surface area contributed by atoms with Gasteiger partial charge in [-0.15, -0.1) is 0 Å². The molecule has 7 fully saturated rings. The summed E-state index contributed by atoms with van der Waals surface area (Å²) in [6.45, 7) is 8.60. The number of aliphatic hydroxyl groups excluding tert-OH is 11.